The maximum Gasteiger partial charge on any atom is 0.0714 e. The highest BCUT2D eigenvalue weighted by Crippen LogP contribution is 2.61. The predicted molar refractivity (Wildman–Crippen MR) is 322 cm³/mol. The third kappa shape index (κ3) is 7.04. The molecule has 0 unspecified atom stereocenters. The van der Waals surface area contributed by atoms with Gasteiger partial charge in [-0.1, -0.05) is 263 Å². The number of fused-ring (bicyclic) bond motifs is 9. The molecule has 13 rings (SSSR count). The largest absolute Gasteiger partial charge is 0.309 e. The molecule has 0 saturated carbocycles. The number of nitrogens with zero attached hydrogens (tertiary/aromatic N) is 1. The van der Waals surface area contributed by atoms with Crippen LogP contribution in [-0.2, 0) is 27.1 Å². The predicted octanol–water partition coefficient (Wildman–Crippen LogP) is 20.1. The highest BCUT2D eigenvalue weighted by atomic mass is 15.1. The Kier molecular flexibility index (Phi) is 10.7. The van der Waals surface area contributed by atoms with Crippen LogP contribution >= 0.6 is 0 Å². The van der Waals surface area contributed by atoms with E-state index in [2.05, 4.69) is 299 Å². The van der Waals surface area contributed by atoms with Crippen molar-refractivity contribution in [2.75, 3.05) is 4.90 Å². The lowest BCUT2D eigenvalue weighted by Crippen LogP contribution is -2.30. The molecule has 0 heterocycles. The van der Waals surface area contributed by atoms with Crippen molar-refractivity contribution in [1.29, 1.82) is 0 Å². The lowest BCUT2D eigenvalue weighted by atomic mass is 9.66. The normalized spacial score (nSPS) is 15.0. The molecule has 76 heavy (non-hydrogen) atoms. The zero-order chi connectivity index (χ0) is 52.5. The van der Waals surface area contributed by atoms with Crippen LogP contribution in [0.1, 0.15) is 125 Å². The smallest absolute Gasteiger partial charge is 0.0714 e. The van der Waals surface area contributed by atoms with Crippen LogP contribution in [0.15, 0.2) is 224 Å². The van der Waals surface area contributed by atoms with Gasteiger partial charge in [0.1, 0.15) is 0 Å². The van der Waals surface area contributed by atoms with Crippen LogP contribution in [0.5, 0.6) is 0 Å². The summed E-state index contributed by atoms with van der Waals surface area (Å²) in [6.45, 7) is 23.6. The number of para-hydroxylation sites is 1. The molecule has 372 valence electrons. The SMILES string of the molecule is CC(C)(C)c1cccc(C2(c3cccc(C(C)(C)C)c3)c3ccccc3-c3c(N(c4ccc(-c5ccc6c(c5)C(C)(C)c5ccccc5-6)cc4)c4ccccc4-c4cccc5c4C(C)(C)c4ccccc4-5)cccc32)c1. The van der Waals surface area contributed by atoms with Crippen LogP contribution in [0, 0.1) is 0 Å². The van der Waals surface area contributed by atoms with Gasteiger partial charge >= 0.3 is 0 Å². The van der Waals surface area contributed by atoms with Gasteiger partial charge in [-0.15, -0.1) is 0 Å². The van der Waals surface area contributed by atoms with E-state index in [4.69, 9.17) is 0 Å². The van der Waals surface area contributed by atoms with Crippen LogP contribution in [0.25, 0.3) is 55.6 Å². The van der Waals surface area contributed by atoms with Crippen LogP contribution in [-0.4, -0.2) is 0 Å². The van der Waals surface area contributed by atoms with Gasteiger partial charge < -0.3 is 4.90 Å². The molecule has 0 spiro atoms. The molecule has 0 bridgehead atoms. The van der Waals surface area contributed by atoms with E-state index in [-0.39, 0.29) is 21.7 Å². The molecular formula is C75H67N. The van der Waals surface area contributed by atoms with Crippen molar-refractivity contribution in [3.05, 3.63) is 280 Å². The van der Waals surface area contributed by atoms with E-state index < -0.39 is 5.41 Å². The van der Waals surface area contributed by atoms with E-state index in [0.717, 1.165) is 17.1 Å². The van der Waals surface area contributed by atoms with Crippen molar-refractivity contribution >= 4 is 17.1 Å². The number of benzene rings is 10. The first kappa shape index (κ1) is 47.7. The van der Waals surface area contributed by atoms with Gasteiger partial charge in [-0.05, 0) is 141 Å². The zero-order valence-corrected chi connectivity index (χ0v) is 45.8. The monoisotopic (exact) mass is 982 g/mol. The lowest BCUT2D eigenvalue weighted by Gasteiger charge is -2.36. The van der Waals surface area contributed by atoms with Gasteiger partial charge in [0.2, 0.25) is 0 Å². The molecule has 0 saturated heterocycles. The Morgan fingerprint density at radius 3 is 1.39 bits per heavy atom. The molecule has 10 aromatic carbocycles. The summed E-state index contributed by atoms with van der Waals surface area (Å²) in [6.07, 6.45) is 0. The topological polar surface area (TPSA) is 3.24 Å². The second-order valence-electron chi connectivity index (χ2n) is 24.9. The van der Waals surface area contributed by atoms with Crippen LogP contribution < -0.4 is 4.90 Å². The summed E-state index contributed by atoms with van der Waals surface area (Å²) in [5.74, 6) is 0. The van der Waals surface area contributed by atoms with Crippen LogP contribution in [0.2, 0.25) is 0 Å². The summed E-state index contributed by atoms with van der Waals surface area (Å²) < 4.78 is 0. The van der Waals surface area contributed by atoms with Crippen molar-refractivity contribution in [3.8, 4) is 55.6 Å². The summed E-state index contributed by atoms with van der Waals surface area (Å²) in [4.78, 5) is 2.58. The average Bonchev–Trinajstić information content (AvgIpc) is 4.19. The fourth-order valence-corrected chi connectivity index (χ4v) is 13.8. The van der Waals surface area contributed by atoms with Gasteiger partial charge in [-0.3, -0.25) is 0 Å². The third-order valence-electron chi connectivity index (χ3n) is 17.7. The van der Waals surface area contributed by atoms with Crippen molar-refractivity contribution in [1.82, 2.24) is 0 Å². The summed E-state index contributed by atoms with van der Waals surface area (Å²) in [7, 11) is 0. The average molecular weight is 982 g/mol. The second-order valence-corrected chi connectivity index (χ2v) is 24.9. The van der Waals surface area contributed by atoms with Crippen LogP contribution in [0.3, 0.4) is 0 Å². The molecule has 0 radical (unpaired) electrons. The van der Waals surface area contributed by atoms with E-state index in [9.17, 15) is 0 Å². The highest BCUT2D eigenvalue weighted by Gasteiger charge is 2.48. The number of hydrogen-bond donors (Lipinski definition) is 0. The molecule has 0 aliphatic heterocycles. The van der Waals surface area contributed by atoms with Gasteiger partial charge in [-0.25, -0.2) is 0 Å². The standard InChI is InChI=1S/C75H67N/c1-71(2,3)50-23-19-25-52(46-50)75(53-26-20-24-51(47-53)72(4,5)6)64-35-17-13-30-61(64)69-65(75)36-22-38-68(69)76(54-42-39-48(40-43-54)49-41-44-57-55-27-11-15-33-62(55)73(7,8)66(57)45-49)67-37-18-14-29-58(67)60-32-21-31-59-56-28-12-16-34-63(56)74(9,10)70(59)60/h11-47H,1-10H3. The Labute approximate surface area is 451 Å². The first-order chi connectivity index (χ1) is 36.5. The molecule has 1 nitrogen and oxygen atoms in total. The third-order valence-corrected chi connectivity index (χ3v) is 17.7. The van der Waals surface area contributed by atoms with E-state index in [1.807, 2.05) is 0 Å². The summed E-state index contributed by atoms with van der Waals surface area (Å²) in [6, 6.07) is 86.0. The maximum atomic E-state index is 2.58. The van der Waals surface area contributed by atoms with Crippen molar-refractivity contribution in [2.45, 2.75) is 96.3 Å². The maximum absolute atomic E-state index is 2.58. The Bertz CT molecular complexity index is 3900. The van der Waals surface area contributed by atoms with Crippen molar-refractivity contribution in [2.24, 2.45) is 0 Å². The molecule has 0 fully saturated rings. The first-order valence-corrected chi connectivity index (χ1v) is 27.4. The Hall–Kier alpha value is -8.00. The minimum absolute atomic E-state index is 0.0471. The molecule has 0 N–H and O–H groups in total. The highest BCUT2D eigenvalue weighted by molar-refractivity contribution is 6.01. The van der Waals surface area contributed by atoms with E-state index in [1.165, 1.54) is 111 Å². The summed E-state index contributed by atoms with van der Waals surface area (Å²) >= 11 is 0. The lowest BCUT2D eigenvalue weighted by molar-refractivity contribution is 0.585. The molecule has 3 aliphatic rings. The second kappa shape index (κ2) is 17.0. The molecule has 10 aromatic rings. The number of anilines is 3. The van der Waals surface area contributed by atoms with E-state index >= 15 is 0 Å². The Balaban J connectivity index is 1.07. The number of rotatable bonds is 7. The van der Waals surface area contributed by atoms with Gasteiger partial charge in [-0.2, -0.15) is 0 Å². The Morgan fingerprint density at radius 1 is 0.316 bits per heavy atom. The van der Waals surface area contributed by atoms with E-state index in [1.54, 1.807) is 0 Å². The van der Waals surface area contributed by atoms with E-state index in [0.29, 0.717) is 0 Å². The molecule has 0 aromatic heterocycles. The van der Waals surface area contributed by atoms with Gasteiger partial charge in [0.05, 0.1) is 16.8 Å². The summed E-state index contributed by atoms with van der Waals surface area (Å²) in [5, 5.41) is 0. The summed E-state index contributed by atoms with van der Waals surface area (Å²) in [5.41, 5.74) is 28.5. The fraction of sp³-hybridized carbons (Fsp3) is 0.200. The molecule has 1 heteroatoms. The molecular weight excluding hydrogens is 915 g/mol. The minimum atomic E-state index is -0.615. The molecule has 0 atom stereocenters. The quantitative estimate of drug-likeness (QED) is 0.154. The van der Waals surface area contributed by atoms with Crippen LogP contribution in [0.4, 0.5) is 17.1 Å². The van der Waals surface area contributed by atoms with Gasteiger partial charge in [0.25, 0.3) is 0 Å². The van der Waals surface area contributed by atoms with Crippen molar-refractivity contribution < 1.29 is 0 Å². The molecule has 0 amide bonds. The Morgan fingerprint density at radius 2 is 0.763 bits per heavy atom. The van der Waals surface area contributed by atoms with Crippen molar-refractivity contribution in [3.63, 3.8) is 0 Å². The fourth-order valence-electron chi connectivity index (χ4n) is 13.8. The zero-order valence-electron chi connectivity index (χ0n) is 45.8. The number of hydrogen-bond acceptors (Lipinski definition) is 1. The first-order valence-electron chi connectivity index (χ1n) is 27.4. The molecule has 3 aliphatic carbocycles. The van der Waals surface area contributed by atoms with Gasteiger partial charge in [0.15, 0.2) is 0 Å². The minimum Gasteiger partial charge on any atom is -0.309 e. The van der Waals surface area contributed by atoms with Gasteiger partial charge in [0, 0.05) is 27.6 Å².